The molecule has 0 bridgehead atoms. The molecule has 4 heteroatoms. The van der Waals surface area contributed by atoms with Gasteiger partial charge in [-0.2, -0.15) is 0 Å². The fraction of sp³-hybridized carbons (Fsp3) is 0.406. The number of carbonyl (C=O) groups excluding carboxylic acids is 1. The second-order valence-electron chi connectivity index (χ2n) is 10.2. The maximum absolute atomic E-state index is 13.2. The first kappa shape index (κ1) is 26.0. The van der Waals surface area contributed by atoms with Gasteiger partial charge in [0.25, 0.3) is 5.91 Å². The molecule has 0 radical (unpaired) electrons. The summed E-state index contributed by atoms with van der Waals surface area (Å²) in [5, 5.41) is 3.31. The first-order chi connectivity index (χ1) is 17.5. The number of piperidine rings is 1. The van der Waals surface area contributed by atoms with Crippen molar-refractivity contribution >= 4 is 5.91 Å². The quantitative estimate of drug-likeness (QED) is 0.348. The highest BCUT2D eigenvalue weighted by Crippen LogP contribution is 2.32. The second kappa shape index (κ2) is 12.2. The van der Waals surface area contributed by atoms with Crippen molar-refractivity contribution in [3.63, 3.8) is 0 Å². The number of likely N-dealkylation sites (tertiary alicyclic amines) is 1. The molecule has 1 fully saturated rings. The van der Waals surface area contributed by atoms with E-state index in [1.165, 1.54) is 18.4 Å². The molecule has 1 atom stereocenters. The molecule has 4 nitrogen and oxygen atoms in total. The lowest BCUT2D eigenvalue weighted by Gasteiger charge is -2.34. The zero-order chi connectivity index (χ0) is 25.4. The van der Waals surface area contributed by atoms with Crippen molar-refractivity contribution in [3.8, 4) is 16.9 Å². The summed E-state index contributed by atoms with van der Waals surface area (Å²) in [6.07, 6.45) is 5.56. The van der Waals surface area contributed by atoms with Crippen LogP contribution in [0.5, 0.6) is 5.75 Å². The number of nitrogens with zero attached hydrogens (tertiary/aromatic N) is 1. The van der Waals surface area contributed by atoms with E-state index in [0.29, 0.717) is 0 Å². The van der Waals surface area contributed by atoms with Crippen LogP contribution in [0.4, 0.5) is 0 Å². The summed E-state index contributed by atoms with van der Waals surface area (Å²) in [5.74, 6) is 0.827. The molecule has 1 aliphatic rings. The van der Waals surface area contributed by atoms with Crippen LogP contribution >= 0.6 is 0 Å². The molecule has 0 aliphatic carbocycles. The Morgan fingerprint density at radius 1 is 0.972 bits per heavy atom. The Labute approximate surface area is 216 Å². The van der Waals surface area contributed by atoms with E-state index in [0.717, 1.165) is 61.3 Å². The molecule has 190 valence electrons. The lowest BCUT2D eigenvalue weighted by molar-refractivity contribution is 0.0910. The normalized spacial score (nSPS) is 16.3. The first-order valence-electron chi connectivity index (χ1n) is 13.3. The molecule has 4 rings (SSSR count). The molecule has 1 heterocycles. The third-order valence-corrected chi connectivity index (χ3v) is 7.95. The van der Waals surface area contributed by atoms with Gasteiger partial charge >= 0.3 is 0 Å². The highest BCUT2D eigenvalue weighted by molar-refractivity contribution is 6.01. The highest BCUT2D eigenvalue weighted by Gasteiger charge is 2.26. The van der Waals surface area contributed by atoms with Crippen LogP contribution in [0.2, 0.25) is 0 Å². The van der Waals surface area contributed by atoms with Crippen LogP contribution in [0.3, 0.4) is 0 Å². The van der Waals surface area contributed by atoms with E-state index >= 15 is 0 Å². The molecule has 1 N–H and O–H groups in total. The number of carbonyl (C=O) groups is 1. The van der Waals surface area contributed by atoms with Gasteiger partial charge in [0.2, 0.25) is 0 Å². The summed E-state index contributed by atoms with van der Waals surface area (Å²) in [7, 11) is 1.66. The van der Waals surface area contributed by atoms with E-state index in [4.69, 9.17) is 4.74 Å². The fourth-order valence-corrected chi connectivity index (χ4v) is 5.33. The summed E-state index contributed by atoms with van der Waals surface area (Å²) >= 11 is 0. The van der Waals surface area contributed by atoms with Gasteiger partial charge in [0, 0.05) is 24.7 Å². The van der Waals surface area contributed by atoms with Gasteiger partial charge in [0.15, 0.2) is 0 Å². The Morgan fingerprint density at radius 3 is 2.31 bits per heavy atom. The standard InChI is InChI=1S/C32H40N2O2/c1-4-32(2,26-11-6-5-7-12-26)21-10-22-34-23-19-27(20-24-34)33-31(35)30-14-9-8-13-29(30)25-15-17-28(36-3)18-16-25/h5-9,11-18,27H,4,10,19-24H2,1-3H3,(H,33,35). The topological polar surface area (TPSA) is 41.6 Å². The predicted molar refractivity (Wildman–Crippen MR) is 149 cm³/mol. The van der Waals surface area contributed by atoms with Gasteiger partial charge in [0.1, 0.15) is 5.75 Å². The monoisotopic (exact) mass is 484 g/mol. The van der Waals surface area contributed by atoms with Crippen LogP contribution < -0.4 is 10.1 Å². The van der Waals surface area contributed by atoms with Crippen molar-refractivity contribution in [3.05, 3.63) is 90.0 Å². The molecule has 3 aromatic carbocycles. The lowest BCUT2D eigenvalue weighted by atomic mass is 9.76. The van der Waals surface area contributed by atoms with E-state index in [1.54, 1.807) is 7.11 Å². The number of methoxy groups -OCH3 is 1. The average Bonchev–Trinajstić information content (AvgIpc) is 2.94. The van der Waals surface area contributed by atoms with Crippen molar-refractivity contribution < 1.29 is 9.53 Å². The minimum Gasteiger partial charge on any atom is -0.497 e. The van der Waals surface area contributed by atoms with Crippen molar-refractivity contribution in [1.82, 2.24) is 10.2 Å². The average molecular weight is 485 g/mol. The number of hydrogen-bond acceptors (Lipinski definition) is 3. The second-order valence-corrected chi connectivity index (χ2v) is 10.2. The molecule has 1 unspecified atom stereocenters. The Morgan fingerprint density at radius 2 is 1.64 bits per heavy atom. The SMILES string of the molecule is CCC(C)(CCCN1CCC(NC(=O)c2ccccc2-c2ccc(OC)cc2)CC1)c1ccccc1. The Kier molecular flexibility index (Phi) is 8.82. The molecule has 0 aromatic heterocycles. The Hall–Kier alpha value is -3.11. The van der Waals surface area contributed by atoms with E-state index < -0.39 is 0 Å². The van der Waals surface area contributed by atoms with Gasteiger partial charge in [-0.3, -0.25) is 4.79 Å². The summed E-state index contributed by atoms with van der Waals surface area (Å²) in [6.45, 7) is 7.91. The third-order valence-electron chi connectivity index (χ3n) is 7.95. The molecule has 3 aromatic rings. The van der Waals surface area contributed by atoms with Crippen LogP contribution in [0.25, 0.3) is 11.1 Å². The van der Waals surface area contributed by atoms with E-state index in [-0.39, 0.29) is 17.4 Å². The van der Waals surface area contributed by atoms with Crippen LogP contribution in [0.15, 0.2) is 78.9 Å². The van der Waals surface area contributed by atoms with E-state index in [1.807, 2.05) is 48.5 Å². The summed E-state index contributed by atoms with van der Waals surface area (Å²) in [4.78, 5) is 15.8. The molecule has 0 spiro atoms. The maximum Gasteiger partial charge on any atom is 0.252 e. The van der Waals surface area contributed by atoms with Gasteiger partial charge < -0.3 is 15.0 Å². The van der Waals surface area contributed by atoms with Crippen LogP contribution in [0.1, 0.15) is 61.9 Å². The number of amides is 1. The van der Waals surface area contributed by atoms with Crippen molar-refractivity contribution in [2.75, 3.05) is 26.7 Å². The molecule has 1 amide bonds. The number of rotatable bonds is 10. The van der Waals surface area contributed by atoms with Crippen molar-refractivity contribution in [1.29, 1.82) is 0 Å². The summed E-state index contributed by atoms with van der Waals surface area (Å²) in [6, 6.07) is 26.9. The number of hydrogen-bond donors (Lipinski definition) is 1. The van der Waals surface area contributed by atoms with Crippen LogP contribution in [0, 0.1) is 0 Å². The Balaban J connectivity index is 1.27. The molecule has 0 saturated carbocycles. The summed E-state index contributed by atoms with van der Waals surface area (Å²) in [5.41, 5.74) is 4.39. The third kappa shape index (κ3) is 6.36. The number of nitrogens with one attached hydrogen (secondary N) is 1. The molecule has 1 saturated heterocycles. The van der Waals surface area contributed by atoms with Gasteiger partial charge in [-0.15, -0.1) is 0 Å². The van der Waals surface area contributed by atoms with E-state index in [9.17, 15) is 4.79 Å². The van der Waals surface area contributed by atoms with Gasteiger partial charge in [0.05, 0.1) is 7.11 Å². The first-order valence-corrected chi connectivity index (χ1v) is 13.3. The molecule has 1 aliphatic heterocycles. The zero-order valence-corrected chi connectivity index (χ0v) is 22.0. The van der Waals surface area contributed by atoms with Crippen molar-refractivity contribution in [2.24, 2.45) is 0 Å². The van der Waals surface area contributed by atoms with Gasteiger partial charge in [-0.25, -0.2) is 0 Å². The van der Waals surface area contributed by atoms with Crippen LogP contribution in [-0.4, -0.2) is 43.6 Å². The number of ether oxygens (including phenoxy) is 1. The molecular formula is C32H40N2O2. The largest absolute Gasteiger partial charge is 0.497 e. The maximum atomic E-state index is 13.2. The van der Waals surface area contributed by atoms with Gasteiger partial charge in [-0.1, -0.05) is 74.5 Å². The fourth-order valence-electron chi connectivity index (χ4n) is 5.33. The molecule has 36 heavy (non-hydrogen) atoms. The number of benzene rings is 3. The smallest absolute Gasteiger partial charge is 0.252 e. The molecular weight excluding hydrogens is 444 g/mol. The predicted octanol–water partition coefficient (Wildman–Crippen LogP) is 6.70. The minimum atomic E-state index is 0.0152. The van der Waals surface area contributed by atoms with Gasteiger partial charge in [-0.05, 0) is 79.0 Å². The minimum absolute atomic E-state index is 0.0152. The van der Waals surface area contributed by atoms with Crippen molar-refractivity contribution in [2.45, 2.75) is 57.4 Å². The zero-order valence-electron chi connectivity index (χ0n) is 22.0. The summed E-state index contributed by atoms with van der Waals surface area (Å²) < 4.78 is 5.28. The Bertz CT molecular complexity index is 1100. The van der Waals surface area contributed by atoms with Crippen LogP contribution in [-0.2, 0) is 5.41 Å². The van der Waals surface area contributed by atoms with E-state index in [2.05, 4.69) is 54.4 Å². The highest BCUT2D eigenvalue weighted by atomic mass is 16.5. The lowest BCUT2D eigenvalue weighted by Crippen LogP contribution is -2.45.